The van der Waals surface area contributed by atoms with Crippen molar-refractivity contribution in [3.05, 3.63) is 0 Å². The molecule has 0 spiro atoms. The van der Waals surface area contributed by atoms with Crippen LogP contribution in [0.15, 0.2) is 0 Å². The van der Waals surface area contributed by atoms with Crippen molar-refractivity contribution in [1.82, 2.24) is 0 Å². The fraction of sp³-hybridized carbons (Fsp3) is 0.920. The monoisotopic (exact) mass is 552 g/mol. The molecule has 2 N–H and O–H groups in total. The number of hydrogen-bond acceptors (Lipinski definition) is 2. The predicted octanol–water partition coefficient (Wildman–Crippen LogP) is 6.92. The zero-order chi connectivity index (χ0) is 21.7. The SMILES string of the molecule is CCCCCCCCCCC(CCCCCCCCCC)CC(C(=O)O)C(=O)O.[BaH2]. The molecule has 5 heteroatoms. The van der Waals surface area contributed by atoms with Gasteiger partial charge in [0.2, 0.25) is 0 Å². The molecule has 0 atom stereocenters. The van der Waals surface area contributed by atoms with Crippen LogP contribution >= 0.6 is 0 Å². The summed E-state index contributed by atoms with van der Waals surface area (Å²) in [5, 5.41) is 18.5. The van der Waals surface area contributed by atoms with E-state index in [9.17, 15) is 19.8 Å². The Kier molecular flexibility index (Phi) is 26.3. The molecule has 0 amide bonds. The van der Waals surface area contributed by atoms with Crippen molar-refractivity contribution < 1.29 is 19.8 Å². The van der Waals surface area contributed by atoms with Crippen LogP contribution in [0.5, 0.6) is 0 Å². The van der Waals surface area contributed by atoms with Gasteiger partial charge in [-0.25, -0.2) is 0 Å². The van der Waals surface area contributed by atoms with Gasteiger partial charge in [-0.3, -0.25) is 9.59 Å². The van der Waals surface area contributed by atoms with Crippen LogP contribution < -0.4 is 0 Å². The number of unbranched alkanes of at least 4 members (excludes halogenated alkanes) is 14. The van der Waals surface area contributed by atoms with E-state index in [0.717, 1.165) is 25.7 Å². The first-order valence-electron chi connectivity index (χ1n) is 12.5. The molecule has 0 aliphatic rings. The Morgan fingerprint density at radius 1 is 0.567 bits per heavy atom. The minimum atomic E-state index is -1.25. The summed E-state index contributed by atoms with van der Waals surface area (Å²) in [5.74, 6) is -3.39. The fourth-order valence-corrected chi connectivity index (χ4v) is 4.15. The van der Waals surface area contributed by atoms with Gasteiger partial charge < -0.3 is 10.2 Å². The summed E-state index contributed by atoms with van der Waals surface area (Å²) in [6.45, 7) is 4.46. The van der Waals surface area contributed by atoms with Crippen molar-refractivity contribution in [2.24, 2.45) is 11.8 Å². The van der Waals surface area contributed by atoms with E-state index in [1.54, 1.807) is 0 Å². The van der Waals surface area contributed by atoms with Crippen LogP contribution in [0.1, 0.15) is 136 Å². The van der Waals surface area contributed by atoms with Crippen molar-refractivity contribution >= 4 is 60.8 Å². The molecule has 176 valence electrons. The van der Waals surface area contributed by atoms with Gasteiger partial charge in [-0.2, -0.15) is 0 Å². The van der Waals surface area contributed by atoms with E-state index in [1.807, 2.05) is 0 Å². The predicted molar refractivity (Wildman–Crippen MR) is 130 cm³/mol. The second-order valence-corrected chi connectivity index (χ2v) is 8.86. The number of carboxylic acid groups (broad SMARTS) is 2. The van der Waals surface area contributed by atoms with E-state index in [2.05, 4.69) is 13.8 Å². The van der Waals surface area contributed by atoms with Crippen LogP contribution in [0.4, 0.5) is 0 Å². The summed E-state index contributed by atoms with van der Waals surface area (Å²) in [4.78, 5) is 22.6. The summed E-state index contributed by atoms with van der Waals surface area (Å²) in [6.07, 6.45) is 22.4. The Hall–Kier alpha value is 0.511. The van der Waals surface area contributed by atoms with E-state index in [0.29, 0.717) is 0 Å². The molecule has 0 aliphatic carbocycles. The number of carboxylic acids is 2. The minimum absolute atomic E-state index is 0. The molecule has 0 aromatic heterocycles. The zero-order valence-corrected chi connectivity index (χ0v) is 19.3. The molecule has 0 rings (SSSR count). The second kappa shape index (κ2) is 24.2. The molecule has 0 saturated carbocycles. The Bertz CT molecular complexity index is 367. The quantitative estimate of drug-likeness (QED) is 0.0869. The Morgan fingerprint density at radius 3 is 1.17 bits per heavy atom. The average molecular weight is 552 g/mol. The molecule has 0 bridgehead atoms. The Morgan fingerprint density at radius 2 is 0.867 bits per heavy atom. The van der Waals surface area contributed by atoms with Crippen molar-refractivity contribution in [3.63, 3.8) is 0 Å². The molecule has 0 heterocycles. The summed E-state index contributed by atoms with van der Waals surface area (Å²) in [7, 11) is 0. The summed E-state index contributed by atoms with van der Waals surface area (Å²) in [6, 6.07) is 0. The maximum atomic E-state index is 11.3. The van der Waals surface area contributed by atoms with Gasteiger partial charge in [0, 0.05) is 0 Å². The van der Waals surface area contributed by atoms with Crippen LogP contribution in [0.25, 0.3) is 0 Å². The van der Waals surface area contributed by atoms with E-state index in [-0.39, 0.29) is 61.2 Å². The Balaban J connectivity index is 0. The standard InChI is InChI=1S/C25H48O4.Ba.2H/c1-3-5-7-9-11-13-15-17-19-22(21-23(24(26)27)25(28)29)20-18-16-14-12-10-8-6-4-2;;;/h22-23H,3-21H2,1-2H3,(H,26,27)(H,28,29);;;. The molecular weight excluding hydrogens is 502 g/mol. The van der Waals surface area contributed by atoms with Crippen molar-refractivity contribution in [2.45, 2.75) is 136 Å². The number of carbonyl (C=O) groups is 2. The third-order valence-electron chi connectivity index (χ3n) is 6.10. The number of hydrogen-bond donors (Lipinski definition) is 2. The van der Waals surface area contributed by atoms with Crippen LogP contribution in [-0.2, 0) is 9.59 Å². The molecule has 0 fully saturated rings. The average Bonchev–Trinajstić information content (AvgIpc) is 2.68. The van der Waals surface area contributed by atoms with Crippen molar-refractivity contribution in [2.75, 3.05) is 0 Å². The summed E-state index contributed by atoms with van der Waals surface area (Å²) in [5.41, 5.74) is 0. The van der Waals surface area contributed by atoms with Gasteiger partial charge in [0.1, 0.15) is 0 Å². The maximum absolute atomic E-state index is 11.3. The van der Waals surface area contributed by atoms with E-state index in [1.165, 1.54) is 89.9 Å². The molecular formula is C25H50BaO4. The molecule has 0 aromatic carbocycles. The van der Waals surface area contributed by atoms with Crippen molar-refractivity contribution in [1.29, 1.82) is 0 Å². The summed E-state index contributed by atoms with van der Waals surface area (Å²) >= 11 is 0. The second-order valence-electron chi connectivity index (χ2n) is 8.86. The zero-order valence-electron chi connectivity index (χ0n) is 19.3. The molecule has 0 aromatic rings. The fourth-order valence-electron chi connectivity index (χ4n) is 4.15. The first-order chi connectivity index (χ1) is 14.0. The molecule has 30 heavy (non-hydrogen) atoms. The van der Waals surface area contributed by atoms with Gasteiger partial charge in [0.15, 0.2) is 5.92 Å². The third-order valence-corrected chi connectivity index (χ3v) is 6.10. The van der Waals surface area contributed by atoms with Gasteiger partial charge in [0.25, 0.3) is 0 Å². The van der Waals surface area contributed by atoms with Crippen LogP contribution in [0, 0.1) is 11.8 Å². The molecule has 0 saturated heterocycles. The van der Waals surface area contributed by atoms with Crippen molar-refractivity contribution in [3.8, 4) is 0 Å². The van der Waals surface area contributed by atoms with E-state index < -0.39 is 17.9 Å². The first-order valence-corrected chi connectivity index (χ1v) is 12.5. The van der Waals surface area contributed by atoms with E-state index in [4.69, 9.17) is 0 Å². The molecule has 0 aliphatic heterocycles. The van der Waals surface area contributed by atoms with Gasteiger partial charge in [-0.05, 0) is 12.3 Å². The molecule has 0 unspecified atom stereocenters. The van der Waals surface area contributed by atoms with Gasteiger partial charge in [0.05, 0.1) is 0 Å². The molecule has 4 nitrogen and oxygen atoms in total. The van der Waals surface area contributed by atoms with Crippen LogP contribution in [-0.4, -0.2) is 71.0 Å². The van der Waals surface area contributed by atoms with E-state index >= 15 is 0 Å². The van der Waals surface area contributed by atoms with Gasteiger partial charge in [-0.1, -0.05) is 129 Å². The normalized spacial score (nSPS) is 11.1. The molecule has 0 radical (unpaired) electrons. The first kappa shape index (κ1) is 32.7. The van der Waals surface area contributed by atoms with Gasteiger partial charge >= 0.3 is 60.8 Å². The number of aliphatic carboxylic acids is 2. The topological polar surface area (TPSA) is 74.6 Å². The van der Waals surface area contributed by atoms with Crippen LogP contribution in [0.2, 0.25) is 0 Å². The summed E-state index contributed by atoms with van der Waals surface area (Å²) < 4.78 is 0. The number of rotatable bonds is 22. The van der Waals surface area contributed by atoms with Gasteiger partial charge in [-0.15, -0.1) is 0 Å². The Labute approximate surface area is 226 Å². The van der Waals surface area contributed by atoms with Crippen LogP contribution in [0.3, 0.4) is 0 Å². The third kappa shape index (κ3) is 20.4.